The molecular formula is C8H15N5O. The number of hydrogen-bond acceptors (Lipinski definition) is 4. The molecule has 1 heterocycles. The molecule has 6 heteroatoms. The highest BCUT2D eigenvalue weighted by atomic mass is 16.2. The molecule has 0 atom stereocenters. The molecule has 0 saturated carbocycles. The van der Waals surface area contributed by atoms with Gasteiger partial charge in [0.05, 0.1) is 0 Å². The summed E-state index contributed by atoms with van der Waals surface area (Å²) in [5, 5.41) is 12.2. The first-order valence-electron chi connectivity index (χ1n) is 4.62. The summed E-state index contributed by atoms with van der Waals surface area (Å²) in [6.07, 6.45) is 0. The second-order valence-corrected chi connectivity index (χ2v) is 2.85. The van der Waals surface area contributed by atoms with E-state index >= 15 is 0 Å². The number of likely N-dealkylation sites (N-methyl/N-ethyl adjacent to an activating group) is 1. The molecule has 1 amide bonds. The molecule has 0 aromatic carbocycles. The lowest BCUT2D eigenvalue weighted by Crippen LogP contribution is -2.32. The van der Waals surface area contributed by atoms with Gasteiger partial charge in [0.25, 0.3) is 5.91 Å². The number of hydrogen-bond donors (Lipinski definition) is 3. The minimum Gasteiger partial charge on any atom is -0.348 e. The van der Waals surface area contributed by atoms with Crippen LogP contribution in [0.4, 0.5) is 0 Å². The van der Waals surface area contributed by atoms with Crippen molar-refractivity contribution in [2.75, 3.05) is 19.6 Å². The second-order valence-electron chi connectivity index (χ2n) is 2.85. The summed E-state index contributed by atoms with van der Waals surface area (Å²) in [5.74, 6) is 0.591. The van der Waals surface area contributed by atoms with Crippen molar-refractivity contribution in [3.05, 3.63) is 11.6 Å². The van der Waals surface area contributed by atoms with Crippen LogP contribution in [0, 0.1) is 6.92 Å². The van der Waals surface area contributed by atoms with Crippen LogP contribution < -0.4 is 10.6 Å². The zero-order chi connectivity index (χ0) is 10.4. The maximum atomic E-state index is 11.3. The average molecular weight is 197 g/mol. The lowest BCUT2D eigenvalue weighted by molar-refractivity contribution is 0.0944. The maximum Gasteiger partial charge on any atom is 0.291 e. The molecule has 3 N–H and O–H groups in total. The maximum absolute atomic E-state index is 11.3. The third kappa shape index (κ3) is 3.14. The molecule has 14 heavy (non-hydrogen) atoms. The van der Waals surface area contributed by atoms with Crippen molar-refractivity contribution in [3.8, 4) is 0 Å². The molecule has 0 spiro atoms. The number of amides is 1. The van der Waals surface area contributed by atoms with Crippen LogP contribution in [0.25, 0.3) is 0 Å². The zero-order valence-corrected chi connectivity index (χ0v) is 8.42. The molecule has 0 aliphatic rings. The normalized spacial score (nSPS) is 10.1. The monoisotopic (exact) mass is 197 g/mol. The highest BCUT2D eigenvalue weighted by Crippen LogP contribution is 1.89. The van der Waals surface area contributed by atoms with Gasteiger partial charge in [-0.3, -0.25) is 9.89 Å². The minimum atomic E-state index is -0.243. The second kappa shape index (κ2) is 5.33. The van der Waals surface area contributed by atoms with E-state index in [2.05, 4.69) is 25.8 Å². The Hall–Kier alpha value is -1.43. The van der Waals surface area contributed by atoms with Gasteiger partial charge in [-0.2, -0.15) is 0 Å². The summed E-state index contributed by atoms with van der Waals surface area (Å²) in [6.45, 7) is 6.00. The summed E-state index contributed by atoms with van der Waals surface area (Å²) >= 11 is 0. The van der Waals surface area contributed by atoms with Gasteiger partial charge in [-0.15, -0.1) is 5.10 Å². The lowest BCUT2D eigenvalue weighted by Gasteiger charge is -2.02. The van der Waals surface area contributed by atoms with E-state index in [1.165, 1.54) is 0 Å². The van der Waals surface area contributed by atoms with Crippen LogP contribution in [0.5, 0.6) is 0 Å². The largest absolute Gasteiger partial charge is 0.348 e. The van der Waals surface area contributed by atoms with E-state index in [9.17, 15) is 4.79 Å². The smallest absolute Gasteiger partial charge is 0.291 e. The molecule has 0 unspecified atom stereocenters. The van der Waals surface area contributed by atoms with Gasteiger partial charge in [-0.25, -0.2) is 4.98 Å². The fraction of sp³-hybridized carbons (Fsp3) is 0.625. The van der Waals surface area contributed by atoms with Crippen molar-refractivity contribution in [1.29, 1.82) is 0 Å². The Kier molecular flexibility index (Phi) is 4.06. The van der Waals surface area contributed by atoms with Gasteiger partial charge < -0.3 is 10.6 Å². The third-order valence-electron chi connectivity index (χ3n) is 1.64. The summed E-state index contributed by atoms with van der Waals surface area (Å²) in [5.41, 5.74) is 0. The Labute approximate surface area is 82.5 Å². The molecule has 1 rings (SSSR count). The highest BCUT2D eigenvalue weighted by Gasteiger charge is 2.09. The van der Waals surface area contributed by atoms with E-state index in [1.54, 1.807) is 6.92 Å². The Morgan fingerprint density at radius 2 is 2.29 bits per heavy atom. The van der Waals surface area contributed by atoms with E-state index in [-0.39, 0.29) is 11.7 Å². The van der Waals surface area contributed by atoms with E-state index in [0.717, 1.165) is 13.1 Å². The van der Waals surface area contributed by atoms with Crippen LogP contribution in [0.3, 0.4) is 0 Å². The van der Waals surface area contributed by atoms with Crippen LogP contribution >= 0.6 is 0 Å². The number of aromatic nitrogens is 3. The Bertz CT molecular complexity index is 296. The van der Waals surface area contributed by atoms with Crippen molar-refractivity contribution in [3.63, 3.8) is 0 Å². The zero-order valence-electron chi connectivity index (χ0n) is 8.42. The fourth-order valence-electron chi connectivity index (χ4n) is 0.965. The van der Waals surface area contributed by atoms with Crippen molar-refractivity contribution in [2.24, 2.45) is 0 Å². The summed E-state index contributed by atoms with van der Waals surface area (Å²) in [6, 6.07) is 0. The molecule has 6 nitrogen and oxygen atoms in total. The number of H-pyrrole nitrogens is 1. The standard InChI is InChI=1S/C8H15N5O/c1-3-9-4-5-10-8(14)7-11-6(2)12-13-7/h9H,3-5H2,1-2H3,(H,10,14)(H,11,12,13). The van der Waals surface area contributed by atoms with Crippen molar-refractivity contribution < 1.29 is 4.79 Å². The van der Waals surface area contributed by atoms with E-state index < -0.39 is 0 Å². The molecule has 78 valence electrons. The van der Waals surface area contributed by atoms with Gasteiger partial charge >= 0.3 is 0 Å². The van der Waals surface area contributed by atoms with E-state index in [4.69, 9.17) is 0 Å². The van der Waals surface area contributed by atoms with E-state index in [0.29, 0.717) is 12.4 Å². The molecule has 0 aliphatic carbocycles. The van der Waals surface area contributed by atoms with Crippen LogP contribution in [0.15, 0.2) is 0 Å². The van der Waals surface area contributed by atoms with Gasteiger partial charge in [0.1, 0.15) is 5.82 Å². The number of rotatable bonds is 5. The SMILES string of the molecule is CCNCCNC(=O)c1n[nH]c(C)n1. The summed E-state index contributed by atoms with van der Waals surface area (Å²) in [7, 11) is 0. The predicted octanol–water partition coefficient (Wildman–Crippen LogP) is -0.548. The van der Waals surface area contributed by atoms with Crippen molar-refractivity contribution >= 4 is 5.91 Å². The number of carbonyl (C=O) groups excluding carboxylic acids is 1. The van der Waals surface area contributed by atoms with Gasteiger partial charge in [0.15, 0.2) is 0 Å². The molecule has 0 bridgehead atoms. The molecule has 0 radical (unpaired) electrons. The first-order chi connectivity index (χ1) is 6.74. The molecule has 1 aromatic rings. The van der Waals surface area contributed by atoms with Crippen LogP contribution in [-0.4, -0.2) is 40.7 Å². The van der Waals surface area contributed by atoms with Crippen LogP contribution in [-0.2, 0) is 0 Å². The summed E-state index contributed by atoms with van der Waals surface area (Å²) in [4.78, 5) is 15.2. The summed E-state index contributed by atoms with van der Waals surface area (Å²) < 4.78 is 0. The van der Waals surface area contributed by atoms with E-state index in [1.807, 2.05) is 6.92 Å². The number of carbonyl (C=O) groups is 1. The molecule has 0 aliphatic heterocycles. The Balaban J connectivity index is 2.29. The quantitative estimate of drug-likeness (QED) is 0.553. The van der Waals surface area contributed by atoms with Gasteiger partial charge in [0.2, 0.25) is 5.82 Å². The number of nitrogens with one attached hydrogen (secondary N) is 3. The van der Waals surface area contributed by atoms with Gasteiger partial charge in [0, 0.05) is 13.1 Å². The van der Waals surface area contributed by atoms with Gasteiger partial charge in [-0.1, -0.05) is 6.92 Å². The van der Waals surface area contributed by atoms with Crippen LogP contribution in [0.2, 0.25) is 0 Å². The van der Waals surface area contributed by atoms with Crippen LogP contribution in [0.1, 0.15) is 23.4 Å². The Morgan fingerprint density at radius 1 is 1.50 bits per heavy atom. The molecular weight excluding hydrogens is 182 g/mol. The number of aromatic amines is 1. The first kappa shape index (κ1) is 10.6. The highest BCUT2D eigenvalue weighted by molar-refractivity contribution is 5.90. The average Bonchev–Trinajstić information content (AvgIpc) is 2.59. The predicted molar refractivity (Wildman–Crippen MR) is 52.0 cm³/mol. The lowest BCUT2D eigenvalue weighted by atomic mass is 10.5. The first-order valence-corrected chi connectivity index (χ1v) is 4.62. The minimum absolute atomic E-state index is 0.194. The third-order valence-corrected chi connectivity index (χ3v) is 1.64. The van der Waals surface area contributed by atoms with Gasteiger partial charge in [-0.05, 0) is 13.5 Å². The van der Waals surface area contributed by atoms with Crippen molar-refractivity contribution in [1.82, 2.24) is 25.8 Å². The fourth-order valence-corrected chi connectivity index (χ4v) is 0.965. The molecule has 1 aromatic heterocycles. The molecule has 0 saturated heterocycles. The Morgan fingerprint density at radius 3 is 2.86 bits per heavy atom. The number of nitrogens with zero attached hydrogens (tertiary/aromatic N) is 2. The molecule has 0 fully saturated rings. The van der Waals surface area contributed by atoms with Crippen molar-refractivity contribution in [2.45, 2.75) is 13.8 Å². The number of aryl methyl sites for hydroxylation is 1. The topological polar surface area (TPSA) is 82.7 Å².